The standard InChI is InChI=1S/C24H42O2/c1-8-11-14-22(23(26)21(7)25)20(6)24(16-12-9-2,17-13-10-3)18-15-19(4)5/h15H,8-14,16-18H2,1-7H3/b22-20+. The largest absolute Gasteiger partial charge is 0.291 e. The molecule has 0 atom stereocenters. The summed E-state index contributed by atoms with van der Waals surface area (Å²) in [5.74, 6) is -0.580. The van der Waals surface area contributed by atoms with Crippen LogP contribution in [0.4, 0.5) is 0 Å². The van der Waals surface area contributed by atoms with E-state index in [2.05, 4.69) is 47.6 Å². The summed E-state index contributed by atoms with van der Waals surface area (Å²) < 4.78 is 0. The quantitative estimate of drug-likeness (QED) is 0.183. The van der Waals surface area contributed by atoms with Gasteiger partial charge >= 0.3 is 0 Å². The molecule has 150 valence electrons. The van der Waals surface area contributed by atoms with Gasteiger partial charge in [0.05, 0.1) is 0 Å². The second-order valence-electron chi connectivity index (χ2n) is 8.07. The molecule has 0 aromatic rings. The van der Waals surface area contributed by atoms with Gasteiger partial charge in [0.25, 0.3) is 0 Å². The Bertz CT molecular complexity index is 496. The van der Waals surface area contributed by atoms with Crippen LogP contribution in [-0.4, -0.2) is 11.6 Å². The molecule has 0 aliphatic heterocycles. The van der Waals surface area contributed by atoms with E-state index in [0.29, 0.717) is 0 Å². The van der Waals surface area contributed by atoms with Crippen LogP contribution >= 0.6 is 0 Å². The molecule has 0 aliphatic rings. The summed E-state index contributed by atoms with van der Waals surface area (Å²) in [6, 6.07) is 0. The lowest BCUT2D eigenvalue weighted by molar-refractivity contribution is -0.133. The Morgan fingerprint density at radius 1 is 0.808 bits per heavy atom. The van der Waals surface area contributed by atoms with Crippen LogP contribution in [0, 0.1) is 5.41 Å². The highest BCUT2D eigenvalue weighted by Gasteiger charge is 2.33. The zero-order valence-corrected chi connectivity index (χ0v) is 18.5. The van der Waals surface area contributed by atoms with Crippen molar-refractivity contribution in [2.45, 2.75) is 113 Å². The average Bonchev–Trinajstić information content (AvgIpc) is 2.61. The van der Waals surface area contributed by atoms with Crippen molar-refractivity contribution in [3.05, 3.63) is 22.8 Å². The van der Waals surface area contributed by atoms with Crippen molar-refractivity contribution in [2.75, 3.05) is 0 Å². The normalized spacial score (nSPS) is 12.6. The fourth-order valence-corrected chi connectivity index (χ4v) is 3.64. The maximum Gasteiger partial charge on any atom is 0.224 e. The summed E-state index contributed by atoms with van der Waals surface area (Å²) >= 11 is 0. The number of carbonyl (C=O) groups is 2. The van der Waals surface area contributed by atoms with Crippen molar-refractivity contribution in [1.29, 1.82) is 0 Å². The first-order valence-electron chi connectivity index (χ1n) is 10.6. The van der Waals surface area contributed by atoms with Crippen LogP contribution in [0.3, 0.4) is 0 Å². The first-order valence-corrected chi connectivity index (χ1v) is 10.6. The average molecular weight is 363 g/mol. The minimum atomic E-state index is -0.322. The van der Waals surface area contributed by atoms with E-state index in [1.807, 2.05) is 0 Å². The molecular weight excluding hydrogens is 320 g/mol. The number of rotatable bonds is 14. The molecule has 26 heavy (non-hydrogen) atoms. The van der Waals surface area contributed by atoms with Gasteiger partial charge in [0, 0.05) is 12.5 Å². The fourth-order valence-electron chi connectivity index (χ4n) is 3.64. The molecule has 0 amide bonds. The monoisotopic (exact) mass is 362 g/mol. The van der Waals surface area contributed by atoms with Gasteiger partial charge in [-0.2, -0.15) is 0 Å². The van der Waals surface area contributed by atoms with Crippen molar-refractivity contribution in [1.82, 2.24) is 0 Å². The van der Waals surface area contributed by atoms with Crippen LogP contribution in [0.5, 0.6) is 0 Å². The van der Waals surface area contributed by atoms with Gasteiger partial charge in [0.2, 0.25) is 5.78 Å². The zero-order chi connectivity index (χ0) is 20.2. The number of ketones is 2. The molecular formula is C24H42O2. The van der Waals surface area contributed by atoms with E-state index < -0.39 is 0 Å². The summed E-state index contributed by atoms with van der Waals surface area (Å²) in [5, 5.41) is 0. The Morgan fingerprint density at radius 3 is 1.69 bits per heavy atom. The Labute approximate surface area is 162 Å². The number of hydrogen-bond acceptors (Lipinski definition) is 2. The molecule has 0 aromatic carbocycles. The second kappa shape index (κ2) is 13.1. The van der Waals surface area contributed by atoms with E-state index in [1.54, 1.807) is 0 Å². The Kier molecular flexibility index (Phi) is 12.5. The molecule has 0 heterocycles. The summed E-state index contributed by atoms with van der Waals surface area (Å²) in [5.41, 5.74) is 3.32. The van der Waals surface area contributed by atoms with E-state index in [9.17, 15) is 9.59 Å². The van der Waals surface area contributed by atoms with E-state index in [1.165, 1.54) is 18.1 Å². The van der Waals surface area contributed by atoms with Crippen LogP contribution in [-0.2, 0) is 9.59 Å². The lowest BCUT2D eigenvalue weighted by Gasteiger charge is -2.36. The van der Waals surface area contributed by atoms with Crippen molar-refractivity contribution in [3.63, 3.8) is 0 Å². The molecule has 0 aromatic heterocycles. The molecule has 0 aliphatic carbocycles. The number of carbonyl (C=O) groups excluding carboxylic acids is 2. The molecule has 0 saturated heterocycles. The molecule has 0 fully saturated rings. The molecule has 0 saturated carbocycles. The summed E-state index contributed by atoms with van der Waals surface area (Å²) in [4.78, 5) is 24.6. The lowest BCUT2D eigenvalue weighted by atomic mass is 9.68. The van der Waals surface area contributed by atoms with E-state index >= 15 is 0 Å². The SMILES string of the molecule is CCCC/C(C(=O)C(C)=O)=C(/C)C(CC=C(C)C)(CCCC)CCCC. The smallest absolute Gasteiger partial charge is 0.224 e. The highest BCUT2D eigenvalue weighted by atomic mass is 16.2. The highest BCUT2D eigenvalue weighted by molar-refractivity contribution is 6.42. The summed E-state index contributed by atoms with van der Waals surface area (Å²) in [6.45, 7) is 14.4. The minimum Gasteiger partial charge on any atom is -0.291 e. The summed E-state index contributed by atoms with van der Waals surface area (Å²) in [7, 11) is 0. The third-order valence-electron chi connectivity index (χ3n) is 5.54. The molecule has 2 nitrogen and oxygen atoms in total. The summed E-state index contributed by atoms with van der Waals surface area (Å²) in [6.07, 6.45) is 12.8. The minimum absolute atomic E-state index is 0.0114. The van der Waals surface area contributed by atoms with Gasteiger partial charge in [-0.25, -0.2) is 0 Å². The maximum atomic E-state index is 12.7. The van der Waals surface area contributed by atoms with Gasteiger partial charge in [-0.05, 0) is 58.3 Å². The van der Waals surface area contributed by atoms with Gasteiger partial charge in [0.1, 0.15) is 0 Å². The topological polar surface area (TPSA) is 34.1 Å². The van der Waals surface area contributed by atoms with Crippen molar-refractivity contribution < 1.29 is 9.59 Å². The molecule has 0 rings (SSSR count). The highest BCUT2D eigenvalue weighted by Crippen LogP contribution is 2.44. The third-order valence-corrected chi connectivity index (χ3v) is 5.54. The molecule has 0 spiro atoms. The number of unbranched alkanes of at least 4 members (excludes halogenated alkanes) is 3. The molecule has 0 bridgehead atoms. The molecule has 0 N–H and O–H groups in total. The van der Waals surface area contributed by atoms with Crippen LogP contribution in [0.15, 0.2) is 22.8 Å². The predicted octanol–water partition coefficient (Wildman–Crippen LogP) is 7.37. The van der Waals surface area contributed by atoms with E-state index in [-0.39, 0.29) is 17.0 Å². The van der Waals surface area contributed by atoms with Crippen LogP contribution in [0.2, 0.25) is 0 Å². The number of allylic oxidation sites excluding steroid dienone is 4. The zero-order valence-electron chi connectivity index (χ0n) is 18.5. The van der Waals surface area contributed by atoms with Crippen molar-refractivity contribution >= 4 is 11.6 Å². The number of hydrogen-bond donors (Lipinski definition) is 0. The predicted molar refractivity (Wildman–Crippen MR) is 113 cm³/mol. The Morgan fingerprint density at radius 2 is 1.31 bits per heavy atom. The Balaban J connectivity index is 6.24. The Hall–Kier alpha value is -1.18. The second-order valence-corrected chi connectivity index (χ2v) is 8.07. The first-order chi connectivity index (χ1) is 12.3. The maximum absolute atomic E-state index is 12.7. The van der Waals surface area contributed by atoms with Crippen LogP contribution in [0.25, 0.3) is 0 Å². The van der Waals surface area contributed by atoms with E-state index in [4.69, 9.17) is 0 Å². The third kappa shape index (κ3) is 8.01. The lowest BCUT2D eigenvalue weighted by Crippen LogP contribution is -2.27. The van der Waals surface area contributed by atoms with Gasteiger partial charge < -0.3 is 0 Å². The van der Waals surface area contributed by atoms with Gasteiger partial charge in [-0.1, -0.05) is 70.1 Å². The molecule has 0 unspecified atom stereocenters. The van der Waals surface area contributed by atoms with Crippen molar-refractivity contribution in [2.24, 2.45) is 5.41 Å². The van der Waals surface area contributed by atoms with Crippen molar-refractivity contribution in [3.8, 4) is 0 Å². The van der Waals surface area contributed by atoms with Crippen LogP contribution < -0.4 is 0 Å². The van der Waals surface area contributed by atoms with Gasteiger partial charge in [-0.15, -0.1) is 0 Å². The van der Waals surface area contributed by atoms with Gasteiger partial charge in [-0.3, -0.25) is 9.59 Å². The van der Waals surface area contributed by atoms with Gasteiger partial charge in [0.15, 0.2) is 5.78 Å². The first kappa shape index (κ1) is 24.8. The molecule has 2 heteroatoms. The van der Waals surface area contributed by atoms with E-state index in [0.717, 1.165) is 69.8 Å². The number of Topliss-reactive ketones (excluding diaryl/α,β-unsaturated/α-hetero) is 2. The fraction of sp³-hybridized carbons (Fsp3) is 0.750. The van der Waals surface area contributed by atoms with Crippen LogP contribution in [0.1, 0.15) is 113 Å². The molecule has 0 radical (unpaired) electrons.